The van der Waals surface area contributed by atoms with E-state index in [0.29, 0.717) is 40.6 Å². The topological polar surface area (TPSA) is 157 Å². The number of aromatic nitrogens is 2. The number of H-pyrrole nitrogens is 1. The number of carbonyl (C=O) groups is 1. The highest BCUT2D eigenvalue weighted by atomic mass is 32.2. The maximum atomic E-state index is 13.2. The molecule has 1 atom stereocenters. The zero-order valence-electron chi connectivity index (χ0n) is 18.5. The van der Waals surface area contributed by atoms with Crippen LogP contribution in [0, 0.1) is 0 Å². The van der Waals surface area contributed by atoms with Crippen LogP contribution in [-0.2, 0) is 23.0 Å². The van der Waals surface area contributed by atoms with E-state index in [1.54, 1.807) is 23.1 Å². The van der Waals surface area contributed by atoms with Crippen molar-refractivity contribution >= 4 is 44.0 Å². The smallest absolute Gasteiger partial charge is 0.282 e. The Labute approximate surface area is 200 Å². The van der Waals surface area contributed by atoms with E-state index in [0.717, 1.165) is 23.5 Å². The van der Waals surface area contributed by atoms with Gasteiger partial charge in [0.05, 0.1) is 5.69 Å². The number of benzene rings is 1. The van der Waals surface area contributed by atoms with Crippen LogP contribution in [0.3, 0.4) is 0 Å². The number of sulfonamides is 1. The number of thiazole rings is 1. The summed E-state index contributed by atoms with van der Waals surface area (Å²) in [5, 5.41) is 16.4. The Bertz CT molecular complexity index is 1390. The predicted octanol–water partition coefficient (Wildman–Crippen LogP) is 0.900. The molecule has 1 amide bonds. The van der Waals surface area contributed by atoms with Crippen LogP contribution >= 0.6 is 11.3 Å². The van der Waals surface area contributed by atoms with Crippen molar-refractivity contribution in [3.8, 4) is 0 Å². The summed E-state index contributed by atoms with van der Waals surface area (Å²) in [5.74, 6) is -0.203. The number of rotatable bonds is 4. The molecule has 11 nitrogen and oxygen atoms in total. The van der Waals surface area contributed by atoms with Gasteiger partial charge in [0, 0.05) is 66.5 Å². The Morgan fingerprint density at radius 2 is 2.03 bits per heavy atom. The van der Waals surface area contributed by atoms with Crippen LogP contribution in [0.2, 0.25) is 0 Å². The molecule has 2 aromatic heterocycles. The first-order valence-corrected chi connectivity index (χ1v) is 13.1. The summed E-state index contributed by atoms with van der Waals surface area (Å²) in [6, 6.07) is 6.85. The molecule has 0 bridgehead atoms. The molecule has 1 aromatic carbocycles. The maximum Gasteiger partial charge on any atom is 0.282 e. The van der Waals surface area contributed by atoms with Crippen molar-refractivity contribution < 1.29 is 18.4 Å². The number of nitrogens with zero attached hydrogens (tertiary/aromatic N) is 4. The molecule has 13 heteroatoms. The van der Waals surface area contributed by atoms with E-state index in [1.165, 1.54) is 21.7 Å². The number of nitrogens with one attached hydrogen (secondary N) is 2. The van der Waals surface area contributed by atoms with Crippen LogP contribution in [0.5, 0.6) is 0 Å². The zero-order chi connectivity index (χ0) is 24.0. The third-order valence-electron chi connectivity index (χ3n) is 6.22. The van der Waals surface area contributed by atoms with Gasteiger partial charge in [0.25, 0.3) is 15.9 Å². The van der Waals surface area contributed by atoms with E-state index < -0.39 is 10.0 Å². The van der Waals surface area contributed by atoms with Crippen LogP contribution < -0.4 is 11.1 Å². The average Bonchev–Trinajstić information content (AvgIpc) is 3.47. The van der Waals surface area contributed by atoms with Gasteiger partial charge in [0.2, 0.25) is 0 Å². The number of hydrogen-bond acceptors (Lipinski definition) is 8. The first kappa shape index (κ1) is 22.8. The number of oxime groups is 1. The Morgan fingerprint density at radius 1 is 1.26 bits per heavy atom. The molecule has 1 unspecified atom stereocenters. The minimum absolute atomic E-state index is 0.0554. The van der Waals surface area contributed by atoms with Crippen molar-refractivity contribution in [2.75, 3.05) is 26.2 Å². The lowest BCUT2D eigenvalue weighted by Gasteiger charge is -2.33. The van der Waals surface area contributed by atoms with Crippen LogP contribution in [0.4, 0.5) is 0 Å². The fourth-order valence-corrected chi connectivity index (χ4v) is 6.71. The third kappa shape index (κ3) is 4.04. The van der Waals surface area contributed by atoms with Gasteiger partial charge >= 0.3 is 0 Å². The van der Waals surface area contributed by atoms with Crippen molar-refractivity contribution in [3.05, 3.63) is 45.4 Å². The largest absolute Gasteiger partial charge is 0.409 e. The number of amides is 1. The van der Waals surface area contributed by atoms with Crippen LogP contribution in [0.1, 0.15) is 32.9 Å². The molecule has 0 aliphatic carbocycles. The van der Waals surface area contributed by atoms with E-state index in [-0.39, 0.29) is 29.9 Å². The van der Waals surface area contributed by atoms with E-state index >= 15 is 0 Å². The fraction of sp³-hybridized carbons (Fsp3) is 0.381. The van der Waals surface area contributed by atoms with Crippen LogP contribution in [0.15, 0.2) is 34.4 Å². The first-order chi connectivity index (χ1) is 16.3. The number of hydrogen-bond donors (Lipinski definition) is 4. The normalized spacial score (nSPS) is 20.0. The van der Waals surface area contributed by atoms with Gasteiger partial charge in [-0.15, -0.1) is 11.3 Å². The quantitative estimate of drug-likeness (QED) is 0.178. The van der Waals surface area contributed by atoms with Gasteiger partial charge in [-0.2, -0.15) is 4.31 Å². The lowest BCUT2D eigenvalue weighted by molar-refractivity contribution is 0.0697. The molecule has 0 radical (unpaired) electrons. The van der Waals surface area contributed by atoms with Crippen LogP contribution in [0.25, 0.3) is 10.9 Å². The zero-order valence-corrected chi connectivity index (χ0v) is 20.1. The van der Waals surface area contributed by atoms with Crippen LogP contribution in [-0.4, -0.2) is 76.8 Å². The predicted molar refractivity (Wildman–Crippen MR) is 128 cm³/mol. The molecular weight excluding hydrogens is 478 g/mol. The minimum atomic E-state index is -3.78. The monoisotopic (exact) mass is 503 g/mol. The minimum Gasteiger partial charge on any atom is -0.409 e. The first-order valence-electron chi connectivity index (χ1n) is 10.9. The Kier molecular flexibility index (Phi) is 5.80. The van der Waals surface area contributed by atoms with E-state index in [9.17, 15) is 13.2 Å². The second-order valence-electron chi connectivity index (χ2n) is 8.49. The van der Waals surface area contributed by atoms with Gasteiger partial charge in [0.15, 0.2) is 10.8 Å². The van der Waals surface area contributed by atoms with Gasteiger partial charge in [-0.05, 0) is 31.2 Å². The molecule has 34 heavy (non-hydrogen) atoms. The van der Waals surface area contributed by atoms with Crippen molar-refractivity contribution in [1.29, 1.82) is 0 Å². The standard InChI is InChI=1S/C21H25N7O4S2/c1-12-8-16-17(11-23-12)33-20(25-16)21(29)27-4-6-28(7-5-27)34(31,32)18-10-14-9-13(19(22)26-30)2-3-15(14)24-18/h2-3,9-10,12,23-24,30H,4-8,11H2,1H3,(H2,22,26). The molecule has 5 N–H and O–H groups in total. The summed E-state index contributed by atoms with van der Waals surface area (Å²) >= 11 is 1.41. The molecule has 5 rings (SSSR count). The number of piperazine rings is 1. The van der Waals surface area contributed by atoms with Crippen molar-refractivity contribution in [2.45, 2.75) is 31.0 Å². The van der Waals surface area contributed by atoms with Gasteiger partial charge < -0.3 is 26.1 Å². The summed E-state index contributed by atoms with van der Waals surface area (Å²) in [6.07, 6.45) is 0.802. The SMILES string of the molecule is CC1Cc2nc(C(=O)N3CCN(S(=O)(=O)c4cc5cc(/C(N)=N\O)ccc5[nH]4)CC3)sc2CN1. The van der Waals surface area contributed by atoms with E-state index in [2.05, 4.69) is 27.4 Å². The number of nitrogens with two attached hydrogens (primary N) is 1. The van der Waals surface area contributed by atoms with Gasteiger partial charge in [0.1, 0.15) is 5.03 Å². The highest BCUT2D eigenvalue weighted by Crippen LogP contribution is 2.26. The summed E-state index contributed by atoms with van der Waals surface area (Å²) in [4.78, 5) is 23.3. The molecular formula is C21H25N7O4S2. The number of carbonyl (C=O) groups excluding carboxylic acids is 1. The molecule has 180 valence electrons. The second-order valence-corrected chi connectivity index (χ2v) is 11.5. The molecule has 2 aliphatic rings. The summed E-state index contributed by atoms with van der Waals surface area (Å²) < 4.78 is 27.8. The lowest BCUT2D eigenvalue weighted by atomic mass is 10.1. The third-order valence-corrected chi connectivity index (χ3v) is 9.12. The molecule has 3 aromatic rings. The van der Waals surface area contributed by atoms with Gasteiger partial charge in [-0.1, -0.05) is 5.16 Å². The number of amidine groups is 1. The van der Waals surface area contributed by atoms with Crippen molar-refractivity contribution in [3.63, 3.8) is 0 Å². The molecule has 0 saturated carbocycles. The average molecular weight is 504 g/mol. The lowest BCUT2D eigenvalue weighted by Crippen LogP contribution is -2.50. The van der Waals surface area contributed by atoms with Crippen molar-refractivity contribution in [2.24, 2.45) is 10.9 Å². The highest BCUT2D eigenvalue weighted by Gasteiger charge is 2.33. The fourth-order valence-electron chi connectivity index (χ4n) is 4.27. The van der Waals surface area contributed by atoms with Crippen molar-refractivity contribution in [1.82, 2.24) is 24.5 Å². The molecule has 1 saturated heterocycles. The van der Waals surface area contributed by atoms with E-state index in [1.807, 2.05) is 0 Å². The second kappa shape index (κ2) is 8.65. The summed E-state index contributed by atoms with van der Waals surface area (Å²) in [5.41, 5.74) is 7.72. The van der Waals surface area contributed by atoms with Gasteiger partial charge in [-0.3, -0.25) is 4.79 Å². The molecule has 2 aliphatic heterocycles. The van der Waals surface area contributed by atoms with Gasteiger partial charge in [-0.25, -0.2) is 13.4 Å². The number of aromatic amines is 1. The summed E-state index contributed by atoms with van der Waals surface area (Å²) in [7, 11) is -3.78. The highest BCUT2D eigenvalue weighted by molar-refractivity contribution is 7.89. The maximum absolute atomic E-state index is 13.2. The molecule has 1 fully saturated rings. The Morgan fingerprint density at radius 3 is 2.76 bits per heavy atom. The Balaban J connectivity index is 1.29. The summed E-state index contributed by atoms with van der Waals surface area (Å²) in [6.45, 7) is 3.80. The molecule has 4 heterocycles. The Hall–Kier alpha value is -3.00. The molecule has 0 spiro atoms. The van der Waals surface area contributed by atoms with E-state index in [4.69, 9.17) is 10.9 Å². The number of fused-ring (bicyclic) bond motifs is 2.